The molecule has 0 aliphatic carbocycles. The number of rotatable bonds is 6. The minimum absolute atomic E-state index is 0.104. The Morgan fingerprint density at radius 2 is 2.05 bits per heavy atom. The third-order valence-corrected chi connectivity index (χ3v) is 2.88. The molecule has 0 saturated carbocycles. The summed E-state index contributed by atoms with van der Waals surface area (Å²) < 4.78 is 14.4. The molecule has 0 aliphatic rings. The standard InChI is InChI=1S/C14H14FN3O3/c15-11-4-2-10(3-5-11)13(14(20)21)17-12(19)6-9-18-8-1-7-16-18/h1-5,7-8,13H,6,9H2,(H,17,19)(H,20,21). The van der Waals surface area contributed by atoms with E-state index < -0.39 is 23.7 Å². The second-order valence-corrected chi connectivity index (χ2v) is 4.41. The van der Waals surface area contributed by atoms with E-state index in [1.54, 1.807) is 23.1 Å². The molecule has 110 valence electrons. The number of aliphatic carboxylic acids is 1. The summed E-state index contributed by atoms with van der Waals surface area (Å²) >= 11 is 0. The molecule has 1 heterocycles. The lowest BCUT2D eigenvalue weighted by molar-refractivity contribution is -0.142. The first-order chi connectivity index (χ1) is 10.1. The van der Waals surface area contributed by atoms with Gasteiger partial charge in [-0.1, -0.05) is 12.1 Å². The minimum Gasteiger partial charge on any atom is -0.479 e. The maximum Gasteiger partial charge on any atom is 0.330 e. The van der Waals surface area contributed by atoms with Crippen molar-refractivity contribution in [2.24, 2.45) is 0 Å². The van der Waals surface area contributed by atoms with Gasteiger partial charge in [0.2, 0.25) is 5.91 Å². The summed E-state index contributed by atoms with van der Waals surface area (Å²) in [4.78, 5) is 23.0. The van der Waals surface area contributed by atoms with Gasteiger partial charge < -0.3 is 10.4 Å². The molecule has 0 radical (unpaired) electrons. The number of amides is 1. The van der Waals surface area contributed by atoms with E-state index in [0.29, 0.717) is 12.1 Å². The fraction of sp³-hybridized carbons (Fsp3) is 0.214. The predicted molar refractivity (Wildman–Crippen MR) is 71.8 cm³/mol. The molecule has 1 aromatic heterocycles. The number of aryl methyl sites for hydroxylation is 1. The SMILES string of the molecule is O=C(CCn1cccn1)NC(C(=O)O)c1ccc(F)cc1. The van der Waals surface area contributed by atoms with Crippen LogP contribution >= 0.6 is 0 Å². The number of nitrogens with zero attached hydrogens (tertiary/aromatic N) is 2. The van der Waals surface area contributed by atoms with Crippen LogP contribution in [-0.2, 0) is 16.1 Å². The van der Waals surface area contributed by atoms with Gasteiger partial charge in [-0.05, 0) is 23.8 Å². The molecular weight excluding hydrogens is 277 g/mol. The van der Waals surface area contributed by atoms with Crippen LogP contribution in [0.2, 0.25) is 0 Å². The van der Waals surface area contributed by atoms with E-state index >= 15 is 0 Å². The Kier molecular flexibility index (Phi) is 4.65. The van der Waals surface area contributed by atoms with Crippen LogP contribution in [0.15, 0.2) is 42.7 Å². The molecule has 0 saturated heterocycles. The number of benzene rings is 1. The first kappa shape index (κ1) is 14.7. The van der Waals surface area contributed by atoms with Crippen LogP contribution in [0.1, 0.15) is 18.0 Å². The van der Waals surface area contributed by atoms with E-state index in [1.165, 1.54) is 12.1 Å². The number of carboxylic acid groups (broad SMARTS) is 1. The minimum atomic E-state index is -1.20. The maximum atomic E-state index is 12.8. The summed E-state index contributed by atoms with van der Waals surface area (Å²) in [6.45, 7) is 0.356. The second kappa shape index (κ2) is 6.65. The Labute approximate surface area is 120 Å². The van der Waals surface area contributed by atoms with Crippen molar-refractivity contribution < 1.29 is 19.1 Å². The zero-order valence-corrected chi connectivity index (χ0v) is 11.1. The maximum absolute atomic E-state index is 12.8. The molecule has 1 amide bonds. The fourth-order valence-electron chi connectivity index (χ4n) is 1.82. The molecule has 0 bridgehead atoms. The summed E-state index contributed by atoms with van der Waals surface area (Å²) in [6, 6.07) is 5.51. The van der Waals surface area contributed by atoms with E-state index in [1.807, 2.05) is 0 Å². The lowest BCUT2D eigenvalue weighted by Crippen LogP contribution is -2.34. The molecule has 6 nitrogen and oxygen atoms in total. The second-order valence-electron chi connectivity index (χ2n) is 4.41. The zero-order chi connectivity index (χ0) is 15.2. The molecule has 0 spiro atoms. The van der Waals surface area contributed by atoms with Crippen molar-refractivity contribution in [3.8, 4) is 0 Å². The zero-order valence-electron chi connectivity index (χ0n) is 11.1. The molecule has 1 unspecified atom stereocenters. The Balaban J connectivity index is 1.97. The van der Waals surface area contributed by atoms with Crippen LogP contribution in [0.25, 0.3) is 0 Å². The van der Waals surface area contributed by atoms with E-state index in [4.69, 9.17) is 0 Å². The van der Waals surface area contributed by atoms with Crippen LogP contribution in [0.5, 0.6) is 0 Å². The van der Waals surface area contributed by atoms with Gasteiger partial charge in [0.1, 0.15) is 5.82 Å². The molecule has 0 fully saturated rings. The summed E-state index contributed by atoms with van der Waals surface area (Å²) in [5, 5.41) is 15.5. The van der Waals surface area contributed by atoms with E-state index in [-0.39, 0.29) is 6.42 Å². The van der Waals surface area contributed by atoms with Gasteiger partial charge in [0.05, 0.1) is 0 Å². The van der Waals surface area contributed by atoms with Crippen LogP contribution in [0, 0.1) is 5.82 Å². The summed E-state index contributed by atoms with van der Waals surface area (Å²) in [5.74, 6) is -2.08. The average molecular weight is 291 g/mol. The number of halogens is 1. The number of nitrogens with one attached hydrogen (secondary N) is 1. The Hall–Kier alpha value is -2.70. The summed E-state index contributed by atoms with van der Waals surface area (Å²) in [6.07, 6.45) is 3.41. The van der Waals surface area contributed by atoms with Crippen LogP contribution < -0.4 is 5.32 Å². The summed E-state index contributed by atoms with van der Waals surface area (Å²) in [7, 11) is 0. The van der Waals surface area contributed by atoms with Crippen LogP contribution in [-0.4, -0.2) is 26.8 Å². The molecule has 1 atom stereocenters. The van der Waals surface area contributed by atoms with Gasteiger partial charge in [-0.2, -0.15) is 5.10 Å². The smallest absolute Gasteiger partial charge is 0.330 e. The van der Waals surface area contributed by atoms with Gasteiger partial charge in [0, 0.05) is 25.4 Å². The highest BCUT2D eigenvalue weighted by Gasteiger charge is 2.21. The molecule has 21 heavy (non-hydrogen) atoms. The van der Waals surface area contributed by atoms with Gasteiger partial charge in [0.15, 0.2) is 6.04 Å². The third-order valence-electron chi connectivity index (χ3n) is 2.88. The van der Waals surface area contributed by atoms with Crippen molar-refractivity contribution in [2.45, 2.75) is 19.0 Å². The highest BCUT2D eigenvalue weighted by molar-refractivity contribution is 5.84. The molecule has 7 heteroatoms. The van der Waals surface area contributed by atoms with E-state index in [2.05, 4.69) is 10.4 Å². The summed E-state index contributed by atoms with van der Waals surface area (Å²) in [5.41, 5.74) is 0.316. The van der Waals surface area contributed by atoms with Gasteiger partial charge >= 0.3 is 5.97 Å². The molecule has 0 aliphatic heterocycles. The normalized spacial score (nSPS) is 11.9. The Morgan fingerprint density at radius 3 is 2.62 bits per heavy atom. The number of hydrogen-bond donors (Lipinski definition) is 2. The fourth-order valence-corrected chi connectivity index (χ4v) is 1.82. The Bertz CT molecular complexity index is 611. The lowest BCUT2D eigenvalue weighted by atomic mass is 10.1. The first-order valence-corrected chi connectivity index (χ1v) is 6.31. The highest BCUT2D eigenvalue weighted by atomic mass is 19.1. The van der Waals surface area contributed by atoms with Gasteiger partial charge in [-0.25, -0.2) is 9.18 Å². The van der Waals surface area contributed by atoms with E-state index in [0.717, 1.165) is 12.1 Å². The predicted octanol–water partition coefficient (Wildman–Crippen LogP) is 1.35. The van der Waals surface area contributed by atoms with Crippen molar-refractivity contribution in [3.63, 3.8) is 0 Å². The number of aromatic nitrogens is 2. The van der Waals surface area contributed by atoms with Gasteiger partial charge in [0.25, 0.3) is 0 Å². The molecule has 2 rings (SSSR count). The van der Waals surface area contributed by atoms with Gasteiger partial charge in [-0.3, -0.25) is 9.48 Å². The molecule has 2 aromatic rings. The first-order valence-electron chi connectivity index (χ1n) is 6.31. The third kappa shape index (κ3) is 4.13. The number of carbonyl (C=O) groups is 2. The van der Waals surface area contributed by atoms with Crippen LogP contribution in [0.3, 0.4) is 0 Å². The topological polar surface area (TPSA) is 84.2 Å². The van der Waals surface area contributed by atoms with Gasteiger partial charge in [-0.15, -0.1) is 0 Å². The van der Waals surface area contributed by atoms with Crippen molar-refractivity contribution in [2.75, 3.05) is 0 Å². The number of carboxylic acids is 1. The molecule has 1 aromatic carbocycles. The Morgan fingerprint density at radius 1 is 1.33 bits per heavy atom. The quantitative estimate of drug-likeness (QED) is 0.841. The number of hydrogen-bond acceptors (Lipinski definition) is 3. The van der Waals surface area contributed by atoms with Crippen molar-refractivity contribution in [3.05, 3.63) is 54.1 Å². The number of carbonyl (C=O) groups excluding carboxylic acids is 1. The molecule has 2 N–H and O–H groups in total. The van der Waals surface area contributed by atoms with Crippen molar-refractivity contribution >= 4 is 11.9 Å². The molecular formula is C14H14FN3O3. The van der Waals surface area contributed by atoms with Crippen molar-refractivity contribution in [1.82, 2.24) is 15.1 Å². The van der Waals surface area contributed by atoms with Crippen LogP contribution in [0.4, 0.5) is 4.39 Å². The largest absolute Gasteiger partial charge is 0.479 e. The lowest BCUT2D eigenvalue weighted by Gasteiger charge is -2.15. The van der Waals surface area contributed by atoms with Crippen molar-refractivity contribution in [1.29, 1.82) is 0 Å². The average Bonchev–Trinajstić information content (AvgIpc) is 2.97. The van der Waals surface area contributed by atoms with E-state index in [9.17, 15) is 19.1 Å². The monoisotopic (exact) mass is 291 g/mol. The highest BCUT2D eigenvalue weighted by Crippen LogP contribution is 2.14.